The normalized spacial score (nSPS) is 22.8. The molecule has 5 heteroatoms. The van der Waals surface area contributed by atoms with Crippen LogP contribution in [0.3, 0.4) is 0 Å². The standard InChI is InChI=1S/C15H20BrNO3/c1-10-7-17(9-13(10)15(18)20-3)8-11-6-12(19-2)4-5-14(11)16/h4-6,10,13H,7-9H2,1-3H3. The Labute approximate surface area is 128 Å². The number of hydrogen-bond donors (Lipinski definition) is 0. The summed E-state index contributed by atoms with van der Waals surface area (Å²) in [6.45, 7) is 4.55. The van der Waals surface area contributed by atoms with Gasteiger partial charge < -0.3 is 9.47 Å². The molecule has 0 bridgehead atoms. The predicted octanol–water partition coefficient (Wildman–Crippen LogP) is 2.70. The second kappa shape index (κ2) is 6.59. The first-order chi connectivity index (χ1) is 9.55. The van der Waals surface area contributed by atoms with Gasteiger partial charge in [0.15, 0.2) is 0 Å². The summed E-state index contributed by atoms with van der Waals surface area (Å²) in [6.07, 6.45) is 0. The largest absolute Gasteiger partial charge is 0.497 e. The number of benzene rings is 1. The molecule has 1 heterocycles. The average Bonchev–Trinajstić information content (AvgIpc) is 2.81. The van der Waals surface area contributed by atoms with Crippen LogP contribution in [0.25, 0.3) is 0 Å². The lowest BCUT2D eigenvalue weighted by molar-refractivity contribution is -0.146. The monoisotopic (exact) mass is 341 g/mol. The van der Waals surface area contributed by atoms with Crippen molar-refractivity contribution in [2.24, 2.45) is 11.8 Å². The topological polar surface area (TPSA) is 38.8 Å². The summed E-state index contributed by atoms with van der Waals surface area (Å²) in [6, 6.07) is 5.95. The maximum atomic E-state index is 11.7. The molecular formula is C15H20BrNO3. The van der Waals surface area contributed by atoms with Crippen LogP contribution in [0.2, 0.25) is 0 Å². The summed E-state index contributed by atoms with van der Waals surface area (Å²) in [4.78, 5) is 14.0. The van der Waals surface area contributed by atoms with E-state index in [1.54, 1.807) is 7.11 Å². The molecule has 0 radical (unpaired) electrons. The van der Waals surface area contributed by atoms with Gasteiger partial charge in [-0.1, -0.05) is 22.9 Å². The van der Waals surface area contributed by atoms with Gasteiger partial charge in [-0.05, 0) is 29.7 Å². The third-order valence-electron chi connectivity index (χ3n) is 3.84. The summed E-state index contributed by atoms with van der Waals surface area (Å²) in [7, 11) is 3.12. The summed E-state index contributed by atoms with van der Waals surface area (Å²) in [5, 5.41) is 0. The summed E-state index contributed by atoms with van der Waals surface area (Å²) in [5.74, 6) is 1.04. The number of carbonyl (C=O) groups is 1. The van der Waals surface area contributed by atoms with Gasteiger partial charge in [0.1, 0.15) is 5.75 Å². The molecule has 1 aliphatic rings. The number of methoxy groups -OCH3 is 2. The summed E-state index contributed by atoms with van der Waals surface area (Å²) >= 11 is 3.57. The molecule has 0 aromatic heterocycles. The number of ether oxygens (including phenoxy) is 2. The van der Waals surface area contributed by atoms with Crippen molar-refractivity contribution < 1.29 is 14.3 Å². The molecule has 110 valence electrons. The number of nitrogens with zero attached hydrogens (tertiary/aromatic N) is 1. The Bertz CT molecular complexity index is 492. The van der Waals surface area contributed by atoms with Crippen molar-refractivity contribution in [2.45, 2.75) is 13.5 Å². The Morgan fingerprint density at radius 3 is 2.80 bits per heavy atom. The Balaban J connectivity index is 2.06. The van der Waals surface area contributed by atoms with E-state index in [2.05, 4.69) is 27.8 Å². The van der Waals surface area contributed by atoms with Crippen LogP contribution >= 0.6 is 15.9 Å². The minimum Gasteiger partial charge on any atom is -0.497 e. The number of hydrogen-bond acceptors (Lipinski definition) is 4. The summed E-state index contributed by atoms with van der Waals surface area (Å²) < 4.78 is 11.2. The summed E-state index contributed by atoms with van der Waals surface area (Å²) in [5.41, 5.74) is 1.17. The predicted molar refractivity (Wildman–Crippen MR) is 80.6 cm³/mol. The zero-order valence-electron chi connectivity index (χ0n) is 12.1. The molecule has 0 saturated carbocycles. The van der Waals surface area contributed by atoms with E-state index in [0.717, 1.165) is 29.9 Å². The SMILES string of the molecule is COC(=O)C1CN(Cc2cc(OC)ccc2Br)CC1C. The van der Waals surface area contributed by atoms with Gasteiger partial charge in [-0.3, -0.25) is 9.69 Å². The van der Waals surface area contributed by atoms with Crippen molar-refractivity contribution in [3.8, 4) is 5.75 Å². The fourth-order valence-electron chi connectivity index (χ4n) is 2.69. The number of rotatable bonds is 4. The third-order valence-corrected chi connectivity index (χ3v) is 4.61. The molecule has 0 aliphatic carbocycles. The number of esters is 1. The lowest BCUT2D eigenvalue weighted by Gasteiger charge is -2.17. The van der Waals surface area contributed by atoms with Crippen LogP contribution in [-0.2, 0) is 16.1 Å². The van der Waals surface area contributed by atoms with Crippen LogP contribution in [0.1, 0.15) is 12.5 Å². The molecule has 2 rings (SSSR count). The zero-order chi connectivity index (χ0) is 14.7. The van der Waals surface area contributed by atoms with Crippen molar-refractivity contribution in [1.82, 2.24) is 4.90 Å². The van der Waals surface area contributed by atoms with E-state index in [1.165, 1.54) is 12.7 Å². The average molecular weight is 342 g/mol. The van der Waals surface area contributed by atoms with E-state index >= 15 is 0 Å². The minimum atomic E-state index is -0.107. The van der Waals surface area contributed by atoms with E-state index in [1.807, 2.05) is 18.2 Å². The van der Waals surface area contributed by atoms with E-state index in [0.29, 0.717) is 5.92 Å². The number of likely N-dealkylation sites (tertiary alicyclic amines) is 1. The van der Waals surface area contributed by atoms with E-state index < -0.39 is 0 Å². The smallest absolute Gasteiger partial charge is 0.310 e. The molecule has 1 aliphatic heterocycles. The molecule has 0 amide bonds. The van der Waals surface area contributed by atoms with Crippen LogP contribution in [0.5, 0.6) is 5.75 Å². The van der Waals surface area contributed by atoms with Gasteiger partial charge in [-0.2, -0.15) is 0 Å². The highest BCUT2D eigenvalue weighted by Gasteiger charge is 2.35. The van der Waals surface area contributed by atoms with Gasteiger partial charge in [0, 0.05) is 24.1 Å². The van der Waals surface area contributed by atoms with Crippen LogP contribution in [0.15, 0.2) is 22.7 Å². The maximum absolute atomic E-state index is 11.7. The highest BCUT2D eigenvalue weighted by molar-refractivity contribution is 9.10. The second-order valence-electron chi connectivity index (χ2n) is 5.26. The fraction of sp³-hybridized carbons (Fsp3) is 0.533. The molecule has 0 spiro atoms. The van der Waals surface area contributed by atoms with Crippen LogP contribution in [0, 0.1) is 11.8 Å². The fourth-order valence-corrected chi connectivity index (χ4v) is 3.07. The Morgan fingerprint density at radius 2 is 2.15 bits per heavy atom. The molecule has 2 unspecified atom stereocenters. The van der Waals surface area contributed by atoms with Crippen LogP contribution < -0.4 is 4.74 Å². The van der Waals surface area contributed by atoms with Crippen molar-refractivity contribution in [1.29, 1.82) is 0 Å². The van der Waals surface area contributed by atoms with Gasteiger partial charge in [0.2, 0.25) is 0 Å². The van der Waals surface area contributed by atoms with E-state index in [-0.39, 0.29) is 11.9 Å². The minimum absolute atomic E-state index is 0.0237. The first kappa shape index (κ1) is 15.3. The van der Waals surface area contributed by atoms with Crippen molar-refractivity contribution >= 4 is 21.9 Å². The molecule has 1 fully saturated rings. The van der Waals surface area contributed by atoms with E-state index in [9.17, 15) is 4.79 Å². The first-order valence-corrected chi connectivity index (χ1v) is 7.47. The Kier molecular flexibility index (Phi) is 5.05. The molecule has 1 saturated heterocycles. The second-order valence-corrected chi connectivity index (χ2v) is 6.11. The Morgan fingerprint density at radius 1 is 1.40 bits per heavy atom. The molecule has 0 N–H and O–H groups in total. The molecular weight excluding hydrogens is 322 g/mol. The lowest BCUT2D eigenvalue weighted by atomic mass is 9.99. The molecule has 2 atom stereocenters. The molecule has 1 aromatic rings. The highest BCUT2D eigenvalue weighted by atomic mass is 79.9. The van der Waals surface area contributed by atoms with Crippen LogP contribution in [0.4, 0.5) is 0 Å². The molecule has 4 nitrogen and oxygen atoms in total. The lowest BCUT2D eigenvalue weighted by Crippen LogP contribution is -2.24. The van der Waals surface area contributed by atoms with Crippen molar-refractivity contribution in [3.63, 3.8) is 0 Å². The Hall–Kier alpha value is -1.07. The number of carbonyl (C=O) groups excluding carboxylic acids is 1. The van der Waals surface area contributed by atoms with Gasteiger partial charge in [0.25, 0.3) is 0 Å². The highest BCUT2D eigenvalue weighted by Crippen LogP contribution is 2.29. The molecule has 1 aromatic carbocycles. The van der Waals surface area contributed by atoms with Gasteiger partial charge in [0.05, 0.1) is 20.1 Å². The number of halogens is 1. The quantitative estimate of drug-likeness (QED) is 0.789. The van der Waals surface area contributed by atoms with Crippen LogP contribution in [-0.4, -0.2) is 38.2 Å². The van der Waals surface area contributed by atoms with Gasteiger partial charge in [-0.15, -0.1) is 0 Å². The van der Waals surface area contributed by atoms with Gasteiger partial charge >= 0.3 is 5.97 Å². The maximum Gasteiger partial charge on any atom is 0.310 e. The zero-order valence-corrected chi connectivity index (χ0v) is 13.6. The third kappa shape index (κ3) is 3.33. The first-order valence-electron chi connectivity index (χ1n) is 6.67. The van der Waals surface area contributed by atoms with Gasteiger partial charge in [-0.25, -0.2) is 0 Å². The van der Waals surface area contributed by atoms with E-state index in [4.69, 9.17) is 9.47 Å². The van der Waals surface area contributed by atoms with Crippen molar-refractivity contribution in [3.05, 3.63) is 28.2 Å². The van der Waals surface area contributed by atoms with Crippen molar-refractivity contribution in [2.75, 3.05) is 27.3 Å². The molecule has 20 heavy (non-hydrogen) atoms.